The molecule has 0 aromatic carbocycles. The quantitative estimate of drug-likeness (QED) is 0.676. The topological polar surface area (TPSA) is 15.3 Å². The number of rotatable bonds is 6. The highest BCUT2D eigenvalue weighted by Crippen LogP contribution is 2.21. The third kappa shape index (κ3) is 3.44. The van der Waals surface area contributed by atoms with Crippen LogP contribution in [0.2, 0.25) is 0 Å². The van der Waals surface area contributed by atoms with Crippen LogP contribution in [0.1, 0.15) is 25.7 Å². The van der Waals surface area contributed by atoms with Crippen LogP contribution in [-0.2, 0) is 0 Å². The van der Waals surface area contributed by atoms with Crippen molar-refractivity contribution in [3.05, 3.63) is 0 Å². The van der Waals surface area contributed by atoms with Crippen LogP contribution in [-0.4, -0.2) is 48.6 Å². The van der Waals surface area contributed by atoms with Crippen LogP contribution in [0.5, 0.6) is 0 Å². The Morgan fingerprint density at radius 3 is 2.86 bits per heavy atom. The van der Waals surface area contributed by atoms with Gasteiger partial charge in [-0.15, -0.1) is 0 Å². The minimum Gasteiger partial charge on any atom is -0.314 e. The molecule has 1 heterocycles. The first-order valence-corrected chi connectivity index (χ1v) is 7.03. The molecule has 82 valence electrons. The summed E-state index contributed by atoms with van der Waals surface area (Å²) in [6.07, 6.45) is 5.54. The van der Waals surface area contributed by atoms with Gasteiger partial charge in [0, 0.05) is 17.8 Å². The number of hydrogen-bond acceptors (Lipinski definition) is 3. The first-order chi connectivity index (χ1) is 6.86. The summed E-state index contributed by atoms with van der Waals surface area (Å²) in [5.41, 5.74) is 0. The van der Waals surface area contributed by atoms with E-state index in [0.717, 1.165) is 12.1 Å². The highest BCUT2D eigenvalue weighted by atomic mass is 32.2. The van der Waals surface area contributed by atoms with Gasteiger partial charge in [0.15, 0.2) is 0 Å². The Hall–Kier alpha value is 0.270. The van der Waals surface area contributed by atoms with E-state index in [1.54, 1.807) is 0 Å². The number of hydrogen-bond donors (Lipinski definition) is 1. The zero-order valence-electron chi connectivity index (χ0n) is 9.17. The second-order valence-corrected chi connectivity index (χ2v) is 5.73. The second kappa shape index (κ2) is 5.38. The second-order valence-electron chi connectivity index (χ2n) is 4.58. The van der Waals surface area contributed by atoms with Crippen molar-refractivity contribution in [2.24, 2.45) is 0 Å². The van der Waals surface area contributed by atoms with Gasteiger partial charge in [0.2, 0.25) is 0 Å². The third-order valence-corrected chi connectivity index (χ3v) is 4.37. The zero-order valence-corrected chi connectivity index (χ0v) is 9.98. The molecule has 1 aliphatic heterocycles. The predicted octanol–water partition coefficient (Wildman–Crippen LogP) is 1.57. The molecule has 14 heavy (non-hydrogen) atoms. The van der Waals surface area contributed by atoms with Crippen molar-refractivity contribution in [3.8, 4) is 0 Å². The molecule has 0 aromatic rings. The van der Waals surface area contributed by atoms with Crippen LogP contribution in [0.4, 0.5) is 0 Å². The molecule has 2 aliphatic rings. The summed E-state index contributed by atoms with van der Waals surface area (Å²) in [5.74, 6) is 2.72. The fraction of sp³-hybridized carbons (Fsp3) is 1.00. The minimum atomic E-state index is 0.862. The van der Waals surface area contributed by atoms with Crippen molar-refractivity contribution >= 4 is 11.8 Å². The van der Waals surface area contributed by atoms with Gasteiger partial charge in [-0.05, 0) is 51.6 Å². The van der Waals surface area contributed by atoms with Crippen LogP contribution in [0.3, 0.4) is 0 Å². The van der Waals surface area contributed by atoms with Gasteiger partial charge < -0.3 is 10.2 Å². The highest BCUT2D eigenvalue weighted by Gasteiger charge is 2.21. The maximum atomic E-state index is 3.57. The van der Waals surface area contributed by atoms with E-state index in [4.69, 9.17) is 0 Å². The molecule has 1 atom stereocenters. The molecule has 0 aromatic heterocycles. The fourth-order valence-corrected chi connectivity index (χ4v) is 3.27. The molecule has 2 rings (SSSR count). The van der Waals surface area contributed by atoms with Crippen molar-refractivity contribution in [3.63, 3.8) is 0 Å². The van der Waals surface area contributed by atoms with Gasteiger partial charge in [0.05, 0.1) is 0 Å². The summed E-state index contributed by atoms with van der Waals surface area (Å²) in [4.78, 5) is 2.55. The van der Waals surface area contributed by atoms with Crippen molar-refractivity contribution in [1.82, 2.24) is 10.2 Å². The van der Waals surface area contributed by atoms with E-state index in [2.05, 4.69) is 29.0 Å². The highest BCUT2D eigenvalue weighted by molar-refractivity contribution is 7.99. The van der Waals surface area contributed by atoms with Crippen LogP contribution >= 0.6 is 11.8 Å². The molecule has 2 fully saturated rings. The summed E-state index contributed by atoms with van der Waals surface area (Å²) in [6.45, 7) is 2.49. The average Bonchev–Trinajstić information content (AvgIpc) is 2.84. The molecule has 1 N–H and O–H groups in total. The van der Waals surface area contributed by atoms with E-state index in [-0.39, 0.29) is 0 Å². The van der Waals surface area contributed by atoms with Crippen molar-refractivity contribution < 1.29 is 0 Å². The molecule has 3 heteroatoms. The van der Waals surface area contributed by atoms with E-state index < -0.39 is 0 Å². The Labute approximate surface area is 91.8 Å². The van der Waals surface area contributed by atoms with Crippen molar-refractivity contribution in [1.29, 1.82) is 0 Å². The summed E-state index contributed by atoms with van der Waals surface area (Å²) < 4.78 is 0. The van der Waals surface area contributed by atoms with E-state index in [0.29, 0.717) is 0 Å². The Morgan fingerprint density at radius 2 is 2.21 bits per heavy atom. The van der Waals surface area contributed by atoms with Gasteiger partial charge in [-0.1, -0.05) is 0 Å². The minimum absolute atomic E-state index is 0.862. The molecule has 1 unspecified atom stereocenters. The van der Waals surface area contributed by atoms with Gasteiger partial charge in [-0.3, -0.25) is 0 Å². The molecule has 1 aliphatic carbocycles. The molecule has 0 radical (unpaired) electrons. The Balaban J connectivity index is 1.50. The van der Waals surface area contributed by atoms with Crippen LogP contribution in [0.15, 0.2) is 0 Å². The van der Waals surface area contributed by atoms with E-state index in [9.17, 15) is 0 Å². The summed E-state index contributed by atoms with van der Waals surface area (Å²) in [6, 6.07) is 1.74. The standard InChI is InChI=1S/C11H22N2S/c1-13(11-5-8-14-9-11)7-2-6-12-10-3-4-10/h10-12H,2-9H2,1H3. The zero-order chi connectivity index (χ0) is 9.80. The molecule has 0 amide bonds. The van der Waals surface area contributed by atoms with Gasteiger partial charge >= 0.3 is 0 Å². The molecule has 0 spiro atoms. The van der Waals surface area contributed by atoms with Crippen molar-refractivity contribution in [2.75, 3.05) is 31.6 Å². The lowest BCUT2D eigenvalue weighted by Crippen LogP contribution is -2.33. The molecular weight excluding hydrogens is 192 g/mol. The lowest BCUT2D eigenvalue weighted by Gasteiger charge is -2.23. The largest absolute Gasteiger partial charge is 0.314 e. The van der Waals surface area contributed by atoms with Crippen LogP contribution in [0.25, 0.3) is 0 Å². The lowest BCUT2D eigenvalue weighted by atomic mass is 10.2. The van der Waals surface area contributed by atoms with Crippen molar-refractivity contribution in [2.45, 2.75) is 37.8 Å². The predicted molar refractivity (Wildman–Crippen MR) is 64.0 cm³/mol. The normalized spacial score (nSPS) is 27.4. The molecule has 1 saturated heterocycles. The summed E-state index contributed by atoms with van der Waals surface area (Å²) in [5, 5.41) is 3.57. The fourth-order valence-electron chi connectivity index (χ4n) is 1.97. The summed E-state index contributed by atoms with van der Waals surface area (Å²) >= 11 is 2.11. The lowest BCUT2D eigenvalue weighted by molar-refractivity contribution is 0.258. The Bertz CT molecular complexity index is 165. The van der Waals surface area contributed by atoms with Crippen LogP contribution in [0, 0.1) is 0 Å². The average molecular weight is 214 g/mol. The molecular formula is C11H22N2S. The van der Waals surface area contributed by atoms with E-state index in [1.165, 1.54) is 50.3 Å². The molecule has 2 nitrogen and oxygen atoms in total. The van der Waals surface area contributed by atoms with Gasteiger partial charge in [-0.25, -0.2) is 0 Å². The third-order valence-electron chi connectivity index (χ3n) is 3.23. The maximum Gasteiger partial charge on any atom is 0.0191 e. The van der Waals surface area contributed by atoms with E-state index in [1.807, 2.05) is 0 Å². The maximum absolute atomic E-state index is 3.57. The van der Waals surface area contributed by atoms with E-state index >= 15 is 0 Å². The SMILES string of the molecule is CN(CCCNC1CC1)C1CCSC1. The first kappa shape index (κ1) is 10.8. The van der Waals surface area contributed by atoms with Gasteiger partial charge in [0.25, 0.3) is 0 Å². The number of thioether (sulfide) groups is 1. The molecule has 0 bridgehead atoms. The molecule has 1 saturated carbocycles. The monoisotopic (exact) mass is 214 g/mol. The Kier molecular flexibility index (Phi) is 4.14. The Morgan fingerprint density at radius 1 is 1.36 bits per heavy atom. The van der Waals surface area contributed by atoms with Gasteiger partial charge in [-0.2, -0.15) is 11.8 Å². The summed E-state index contributed by atoms with van der Waals surface area (Å²) in [7, 11) is 2.29. The van der Waals surface area contributed by atoms with Crippen LogP contribution < -0.4 is 5.32 Å². The number of nitrogens with one attached hydrogen (secondary N) is 1. The smallest absolute Gasteiger partial charge is 0.0191 e. The van der Waals surface area contributed by atoms with Gasteiger partial charge in [0.1, 0.15) is 0 Å². The number of nitrogens with zero attached hydrogens (tertiary/aromatic N) is 1. The first-order valence-electron chi connectivity index (χ1n) is 5.87.